The van der Waals surface area contributed by atoms with E-state index in [1.54, 1.807) is 12.4 Å². The molecule has 0 spiro atoms. The van der Waals surface area contributed by atoms with Crippen molar-refractivity contribution in [2.75, 3.05) is 13.2 Å². The van der Waals surface area contributed by atoms with Crippen LogP contribution in [-0.2, 0) is 0 Å². The Balaban J connectivity index is 1.72. The first-order valence-electron chi connectivity index (χ1n) is 8.09. The van der Waals surface area contributed by atoms with Gasteiger partial charge in [-0.15, -0.1) is 0 Å². The normalized spacial score (nSPS) is 21.0. The van der Waals surface area contributed by atoms with Crippen molar-refractivity contribution < 1.29 is 9.84 Å². The number of hydrogen-bond donors (Lipinski definition) is 2. The van der Waals surface area contributed by atoms with E-state index in [9.17, 15) is 5.26 Å². The van der Waals surface area contributed by atoms with Crippen LogP contribution in [0.1, 0.15) is 31.2 Å². The van der Waals surface area contributed by atoms with Gasteiger partial charge in [-0.05, 0) is 31.7 Å². The molecular formula is C18H21N3O2. The lowest BCUT2D eigenvalue weighted by Crippen LogP contribution is -2.37. The van der Waals surface area contributed by atoms with Gasteiger partial charge in [0.25, 0.3) is 0 Å². The quantitative estimate of drug-likeness (QED) is 0.886. The molecule has 0 amide bonds. The first-order valence-corrected chi connectivity index (χ1v) is 8.09. The van der Waals surface area contributed by atoms with Crippen LogP contribution in [0.15, 0.2) is 30.6 Å². The average molecular weight is 311 g/mol. The first-order chi connectivity index (χ1) is 11.3. The number of nitriles is 1. The minimum atomic E-state index is 0.174. The summed E-state index contributed by atoms with van der Waals surface area (Å²) in [5.74, 6) is 0.771. The van der Waals surface area contributed by atoms with E-state index in [4.69, 9.17) is 9.84 Å². The first kappa shape index (κ1) is 15.7. The van der Waals surface area contributed by atoms with Gasteiger partial charge in [0.15, 0.2) is 0 Å². The molecule has 5 nitrogen and oxygen atoms in total. The van der Waals surface area contributed by atoms with Crippen molar-refractivity contribution in [1.82, 2.24) is 10.3 Å². The third-order valence-corrected chi connectivity index (χ3v) is 4.38. The zero-order valence-electron chi connectivity index (χ0n) is 13.0. The van der Waals surface area contributed by atoms with E-state index in [2.05, 4.69) is 16.4 Å². The number of rotatable bonds is 5. The molecular weight excluding hydrogens is 290 g/mol. The molecule has 23 heavy (non-hydrogen) atoms. The second-order valence-corrected chi connectivity index (χ2v) is 5.92. The molecule has 0 bridgehead atoms. The van der Waals surface area contributed by atoms with Crippen LogP contribution in [0.4, 0.5) is 0 Å². The van der Waals surface area contributed by atoms with Gasteiger partial charge >= 0.3 is 0 Å². The highest BCUT2D eigenvalue weighted by Crippen LogP contribution is 2.31. The molecule has 2 aromatic rings. The lowest BCUT2D eigenvalue weighted by atomic mass is 9.93. The zero-order valence-corrected chi connectivity index (χ0v) is 13.0. The van der Waals surface area contributed by atoms with Crippen LogP contribution in [0, 0.1) is 11.3 Å². The van der Waals surface area contributed by atoms with Gasteiger partial charge in [-0.3, -0.25) is 4.98 Å². The van der Waals surface area contributed by atoms with Crippen LogP contribution < -0.4 is 10.1 Å². The fourth-order valence-corrected chi connectivity index (χ4v) is 3.22. The monoisotopic (exact) mass is 311 g/mol. The fourth-order valence-electron chi connectivity index (χ4n) is 3.22. The summed E-state index contributed by atoms with van der Waals surface area (Å²) in [5, 5.41) is 23.3. The molecule has 0 atom stereocenters. The minimum Gasteiger partial charge on any atom is -0.490 e. The van der Waals surface area contributed by atoms with Gasteiger partial charge in [0.05, 0.1) is 18.3 Å². The molecule has 0 unspecified atom stereocenters. The molecule has 3 rings (SSSR count). The smallest absolute Gasteiger partial charge is 0.128 e. The summed E-state index contributed by atoms with van der Waals surface area (Å²) in [6.45, 7) is 0.829. The van der Waals surface area contributed by atoms with Crippen molar-refractivity contribution >= 4 is 10.8 Å². The Morgan fingerprint density at radius 2 is 2.09 bits per heavy atom. The molecule has 120 valence electrons. The molecule has 0 aliphatic heterocycles. The van der Waals surface area contributed by atoms with Crippen molar-refractivity contribution in [1.29, 1.82) is 5.26 Å². The van der Waals surface area contributed by atoms with Crippen molar-refractivity contribution in [2.24, 2.45) is 0 Å². The van der Waals surface area contributed by atoms with Crippen molar-refractivity contribution in [3.8, 4) is 11.8 Å². The number of aromatic nitrogens is 1. The van der Waals surface area contributed by atoms with Crippen LogP contribution in [-0.4, -0.2) is 35.4 Å². The molecule has 5 heteroatoms. The molecule has 1 heterocycles. The highest BCUT2D eigenvalue weighted by molar-refractivity contribution is 5.92. The Morgan fingerprint density at radius 3 is 2.83 bits per heavy atom. The average Bonchev–Trinajstić information content (AvgIpc) is 2.61. The maximum absolute atomic E-state index is 9.31. The van der Waals surface area contributed by atoms with E-state index in [1.165, 1.54) is 0 Å². The SMILES string of the molecule is N#Cc1cncc2cccc(OC3CCC(NCCO)CC3)c12. The molecule has 1 aliphatic carbocycles. The highest BCUT2D eigenvalue weighted by atomic mass is 16.5. The molecule has 1 saturated carbocycles. The van der Waals surface area contributed by atoms with E-state index in [-0.39, 0.29) is 12.7 Å². The maximum atomic E-state index is 9.31. The van der Waals surface area contributed by atoms with Crippen LogP contribution >= 0.6 is 0 Å². The Morgan fingerprint density at radius 1 is 1.26 bits per heavy atom. The predicted molar refractivity (Wildman–Crippen MR) is 88.2 cm³/mol. The summed E-state index contributed by atoms with van der Waals surface area (Å²) in [5.41, 5.74) is 0.552. The minimum absolute atomic E-state index is 0.174. The van der Waals surface area contributed by atoms with Crippen LogP contribution in [0.5, 0.6) is 5.75 Å². The van der Waals surface area contributed by atoms with E-state index >= 15 is 0 Å². The third kappa shape index (κ3) is 3.61. The lowest BCUT2D eigenvalue weighted by Gasteiger charge is -2.29. The van der Waals surface area contributed by atoms with E-state index < -0.39 is 0 Å². The van der Waals surface area contributed by atoms with Crippen LogP contribution in [0.3, 0.4) is 0 Å². The van der Waals surface area contributed by atoms with Crippen LogP contribution in [0.2, 0.25) is 0 Å². The third-order valence-electron chi connectivity index (χ3n) is 4.38. The lowest BCUT2D eigenvalue weighted by molar-refractivity contribution is 0.139. The van der Waals surface area contributed by atoms with E-state index in [0.29, 0.717) is 18.2 Å². The molecule has 1 aromatic heterocycles. The molecule has 1 aromatic carbocycles. The molecule has 0 saturated heterocycles. The van der Waals surface area contributed by atoms with Gasteiger partial charge in [0.2, 0.25) is 0 Å². The Kier molecular flexibility index (Phi) is 5.06. The molecule has 0 radical (unpaired) electrons. The second kappa shape index (κ2) is 7.40. The number of nitrogens with zero attached hydrogens (tertiary/aromatic N) is 2. The van der Waals surface area contributed by atoms with Crippen molar-refractivity contribution in [3.63, 3.8) is 0 Å². The van der Waals surface area contributed by atoms with Gasteiger partial charge in [-0.1, -0.05) is 12.1 Å². The summed E-state index contributed by atoms with van der Waals surface area (Å²) < 4.78 is 6.21. The summed E-state index contributed by atoms with van der Waals surface area (Å²) in [4.78, 5) is 4.10. The summed E-state index contributed by atoms with van der Waals surface area (Å²) >= 11 is 0. The van der Waals surface area contributed by atoms with Gasteiger partial charge in [0, 0.05) is 35.8 Å². The zero-order chi connectivity index (χ0) is 16.1. The van der Waals surface area contributed by atoms with Gasteiger partial charge in [0.1, 0.15) is 11.8 Å². The van der Waals surface area contributed by atoms with Gasteiger partial charge < -0.3 is 15.2 Å². The number of aliphatic hydroxyl groups excluding tert-OH is 1. The fraction of sp³-hybridized carbons (Fsp3) is 0.444. The number of ether oxygens (including phenoxy) is 1. The van der Waals surface area contributed by atoms with Crippen LogP contribution in [0.25, 0.3) is 10.8 Å². The Hall–Kier alpha value is -2.16. The standard InChI is InChI=1S/C18H21N3O2/c19-10-14-12-20-11-13-2-1-3-17(18(13)14)23-16-6-4-15(5-7-16)21-8-9-22/h1-3,11-12,15-16,21-22H,4-9H2. The number of benzene rings is 1. The summed E-state index contributed by atoms with van der Waals surface area (Å²) in [6, 6.07) is 8.49. The van der Waals surface area contributed by atoms with Crippen molar-refractivity contribution in [3.05, 3.63) is 36.2 Å². The Bertz CT molecular complexity index is 698. The summed E-state index contributed by atoms with van der Waals surface area (Å²) in [7, 11) is 0. The van der Waals surface area contributed by atoms with Gasteiger partial charge in [-0.25, -0.2) is 0 Å². The topological polar surface area (TPSA) is 78.2 Å². The summed E-state index contributed by atoms with van der Waals surface area (Å²) in [6.07, 6.45) is 7.57. The number of hydrogen-bond acceptors (Lipinski definition) is 5. The number of aliphatic hydroxyl groups is 1. The Labute approximate surface area is 135 Å². The van der Waals surface area contributed by atoms with E-state index in [0.717, 1.165) is 42.2 Å². The predicted octanol–water partition coefficient (Wildman–Crippen LogP) is 2.38. The van der Waals surface area contributed by atoms with Crippen molar-refractivity contribution in [2.45, 2.75) is 37.8 Å². The molecule has 2 N–H and O–H groups in total. The molecule has 1 fully saturated rings. The van der Waals surface area contributed by atoms with E-state index in [1.807, 2.05) is 18.2 Å². The number of nitrogens with one attached hydrogen (secondary N) is 1. The largest absolute Gasteiger partial charge is 0.490 e. The number of pyridine rings is 1. The van der Waals surface area contributed by atoms with Gasteiger partial charge in [-0.2, -0.15) is 5.26 Å². The highest BCUT2D eigenvalue weighted by Gasteiger charge is 2.22. The second-order valence-electron chi connectivity index (χ2n) is 5.92. The molecule has 1 aliphatic rings. The number of fused-ring (bicyclic) bond motifs is 1. The maximum Gasteiger partial charge on any atom is 0.128 e.